The summed E-state index contributed by atoms with van der Waals surface area (Å²) in [5.74, 6) is -1.34. The fourth-order valence-corrected chi connectivity index (χ4v) is 9.37. The van der Waals surface area contributed by atoms with Crippen molar-refractivity contribution in [3.8, 4) is 5.88 Å². The van der Waals surface area contributed by atoms with Gasteiger partial charge in [0, 0.05) is 12.8 Å². The number of nitrogens with zero attached hydrogens (tertiary/aromatic N) is 3. The Morgan fingerprint density at radius 3 is 2.55 bits per heavy atom. The van der Waals surface area contributed by atoms with Crippen molar-refractivity contribution in [2.45, 2.75) is 128 Å². The van der Waals surface area contributed by atoms with Gasteiger partial charge in [0.05, 0.1) is 34.3 Å². The summed E-state index contributed by atoms with van der Waals surface area (Å²) in [5, 5.41) is 2.21. The van der Waals surface area contributed by atoms with E-state index in [1.165, 1.54) is 4.90 Å². The average Bonchev–Trinajstić information content (AvgIpc) is 4.01. The molecule has 1 saturated heterocycles. The summed E-state index contributed by atoms with van der Waals surface area (Å²) >= 11 is 0. The quantitative estimate of drug-likeness (QED) is 0.378. The molecular formula is C39H51N5O8S. The van der Waals surface area contributed by atoms with Crippen molar-refractivity contribution < 1.29 is 37.1 Å². The van der Waals surface area contributed by atoms with Crippen molar-refractivity contribution >= 4 is 44.7 Å². The molecule has 13 nitrogen and oxygen atoms in total. The summed E-state index contributed by atoms with van der Waals surface area (Å²) in [6, 6.07) is 3.82. The van der Waals surface area contributed by atoms with Crippen LogP contribution in [-0.4, -0.2) is 83.1 Å². The lowest BCUT2D eigenvalue weighted by molar-refractivity contribution is -0.142. The van der Waals surface area contributed by atoms with E-state index in [2.05, 4.69) is 16.6 Å². The molecule has 53 heavy (non-hydrogen) atoms. The van der Waals surface area contributed by atoms with Crippen LogP contribution >= 0.6 is 0 Å². The Bertz CT molecular complexity index is 1940. The number of hydrogen-bond donors (Lipinski definition) is 2. The number of aryl methyl sites for hydroxylation is 2. The maximum atomic E-state index is 14.6. The maximum Gasteiger partial charge on any atom is 0.408 e. The maximum absolute atomic E-state index is 14.6. The molecule has 3 heterocycles. The van der Waals surface area contributed by atoms with E-state index in [1.54, 1.807) is 6.08 Å². The van der Waals surface area contributed by atoms with Gasteiger partial charge in [0.1, 0.15) is 23.9 Å². The van der Waals surface area contributed by atoms with Crippen LogP contribution in [-0.2, 0) is 35.6 Å². The van der Waals surface area contributed by atoms with Crippen LogP contribution in [0.4, 0.5) is 4.79 Å². The molecule has 1 aromatic carbocycles. The van der Waals surface area contributed by atoms with Crippen LogP contribution in [0.5, 0.6) is 5.88 Å². The number of Topliss-reactive ketones (excluding diaryl/α,β-unsaturated/α-hetero) is 1. The number of sulfonamides is 1. The van der Waals surface area contributed by atoms with E-state index in [9.17, 15) is 27.6 Å². The molecule has 2 aromatic rings. The molecule has 2 bridgehead atoms. The van der Waals surface area contributed by atoms with E-state index in [0.717, 1.165) is 43.2 Å². The Hall–Kier alpha value is -4.07. The Balaban J connectivity index is 1.21. The van der Waals surface area contributed by atoms with Gasteiger partial charge in [-0.3, -0.25) is 19.1 Å². The molecule has 286 valence electrons. The number of alkyl carbamates (subject to hydrolysis) is 1. The predicted octanol–water partition coefficient (Wildman–Crippen LogP) is 4.69. The Morgan fingerprint density at radius 1 is 1.08 bits per heavy atom. The van der Waals surface area contributed by atoms with Crippen molar-refractivity contribution in [2.24, 2.45) is 22.7 Å². The number of ketones is 1. The highest BCUT2D eigenvalue weighted by atomic mass is 32.2. The second-order valence-corrected chi connectivity index (χ2v) is 18.9. The molecule has 14 heteroatoms. The number of benzene rings is 1. The van der Waals surface area contributed by atoms with E-state index in [-0.39, 0.29) is 37.8 Å². The number of nitrogens with one attached hydrogen (secondary N) is 2. The fraction of sp³-hybridized carbons (Fsp3) is 0.641. The highest BCUT2D eigenvalue weighted by Crippen LogP contribution is 2.57. The fourth-order valence-electron chi connectivity index (χ4n) is 7.99. The van der Waals surface area contributed by atoms with Gasteiger partial charge in [0.25, 0.3) is 0 Å². The van der Waals surface area contributed by atoms with Gasteiger partial charge < -0.3 is 19.7 Å². The zero-order valence-corrected chi connectivity index (χ0v) is 31.9. The van der Waals surface area contributed by atoms with Gasteiger partial charge in [-0.25, -0.2) is 23.2 Å². The van der Waals surface area contributed by atoms with Crippen LogP contribution in [0.2, 0.25) is 0 Å². The van der Waals surface area contributed by atoms with Gasteiger partial charge in [0.2, 0.25) is 27.7 Å². The minimum absolute atomic E-state index is 0.0242. The lowest BCUT2D eigenvalue weighted by atomic mass is 9.85. The summed E-state index contributed by atoms with van der Waals surface area (Å²) in [4.78, 5) is 67.1. The van der Waals surface area contributed by atoms with Gasteiger partial charge in [-0.1, -0.05) is 45.8 Å². The third-order valence-corrected chi connectivity index (χ3v) is 13.4. The minimum atomic E-state index is -3.85. The topological polar surface area (TPSA) is 174 Å². The van der Waals surface area contributed by atoms with Crippen molar-refractivity contribution in [2.75, 3.05) is 6.54 Å². The number of fused-ring (bicyclic) bond motifs is 5. The largest absolute Gasteiger partial charge is 0.471 e. The minimum Gasteiger partial charge on any atom is -0.471 e. The molecule has 7 atom stereocenters. The number of aromatic nitrogens is 2. The smallest absolute Gasteiger partial charge is 0.408 e. The highest BCUT2D eigenvalue weighted by Gasteiger charge is 2.61. The number of carbonyl (C=O) groups excluding carboxylic acids is 4. The van der Waals surface area contributed by atoms with Crippen LogP contribution in [0, 0.1) is 29.6 Å². The first-order valence-corrected chi connectivity index (χ1v) is 20.6. The molecule has 1 aromatic heterocycles. The SMILES string of the molecule is C=CC1C[C@]1(CC(=O)[C@@H]1CC2CN1C(=O)C(C(C)(C)C)NC(=O)O[C@@H]1C[C@H]1CCCCCc1nc3ccc(C)cc3nc1O2)C(=O)NS(=O)(=O)C1CC1. The Labute approximate surface area is 311 Å². The predicted molar refractivity (Wildman–Crippen MR) is 196 cm³/mol. The van der Waals surface area contributed by atoms with E-state index in [0.29, 0.717) is 36.4 Å². The number of allylic oxidation sites excluding steroid dienone is 1. The molecule has 4 fully saturated rings. The van der Waals surface area contributed by atoms with Crippen LogP contribution in [0.1, 0.15) is 96.2 Å². The second kappa shape index (κ2) is 14.0. The molecule has 3 unspecified atom stereocenters. The molecule has 5 aliphatic rings. The Kier molecular flexibility index (Phi) is 9.82. The second-order valence-electron chi connectivity index (χ2n) is 17.0. The van der Waals surface area contributed by atoms with Gasteiger partial charge >= 0.3 is 6.09 Å². The van der Waals surface area contributed by atoms with E-state index in [4.69, 9.17) is 19.4 Å². The van der Waals surface area contributed by atoms with Crippen LogP contribution in [0.25, 0.3) is 11.0 Å². The third-order valence-electron chi connectivity index (χ3n) is 11.6. The molecule has 0 spiro atoms. The number of ether oxygens (including phenoxy) is 2. The molecule has 3 saturated carbocycles. The zero-order chi connectivity index (χ0) is 37.9. The standard InChI is InChI=1S/C39H51N5O8S/c1-6-24-19-39(24,36(47)43-53(49,50)26-13-14-26)20-31(45)30-18-25-21-44(30)35(46)33(38(3,4)5)42-37(48)52-32-17-23(32)10-8-7-9-11-28-34(51-25)41-29-16-22(2)12-15-27(29)40-28/h6,12,15-16,23-26,30,32-33H,1,7-11,13-14,17-21H2,2-5H3,(H,42,48)(H,43,47)/t23-,24?,25?,30+,32-,33?,39-/m1/s1. The van der Waals surface area contributed by atoms with E-state index < -0.39 is 73.9 Å². The molecule has 7 rings (SSSR count). The Morgan fingerprint density at radius 2 is 1.85 bits per heavy atom. The van der Waals surface area contributed by atoms with Crippen molar-refractivity contribution in [1.82, 2.24) is 24.9 Å². The van der Waals surface area contributed by atoms with Gasteiger partial charge in [-0.15, -0.1) is 6.58 Å². The highest BCUT2D eigenvalue weighted by molar-refractivity contribution is 7.90. The van der Waals surface area contributed by atoms with Crippen molar-refractivity contribution in [1.29, 1.82) is 0 Å². The molecule has 2 aliphatic heterocycles. The normalized spacial score (nSPS) is 30.8. The van der Waals surface area contributed by atoms with Crippen molar-refractivity contribution in [3.05, 3.63) is 42.1 Å². The summed E-state index contributed by atoms with van der Waals surface area (Å²) < 4.78 is 40.1. The molecular weight excluding hydrogens is 699 g/mol. The van der Waals surface area contributed by atoms with Crippen LogP contribution in [0.3, 0.4) is 0 Å². The van der Waals surface area contributed by atoms with Crippen molar-refractivity contribution in [3.63, 3.8) is 0 Å². The first-order valence-electron chi connectivity index (χ1n) is 19.0. The van der Waals surface area contributed by atoms with Gasteiger partial charge in [-0.05, 0) is 86.8 Å². The third kappa shape index (κ3) is 7.93. The molecule has 3 amide bonds. The number of amides is 3. The molecule has 0 radical (unpaired) electrons. The van der Waals surface area contributed by atoms with Crippen LogP contribution in [0.15, 0.2) is 30.9 Å². The number of hydrogen-bond acceptors (Lipinski definition) is 10. The first kappa shape index (κ1) is 37.3. The van der Waals surface area contributed by atoms with Gasteiger partial charge in [0.15, 0.2) is 5.78 Å². The van der Waals surface area contributed by atoms with Crippen LogP contribution < -0.4 is 14.8 Å². The number of rotatable bonds is 7. The summed E-state index contributed by atoms with van der Waals surface area (Å²) in [6.45, 7) is 11.3. The lowest BCUT2D eigenvalue weighted by Crippen LogP contribution is -2.57. The van der Waals surface area contributed by atoms with Gasteiger partial charge in [-0.2, -0.15) is 0 Å². The van der Waals surface area contributed by atoms with E-state index >= 15 is 0 Å². The lowest BCUT2D eigenvalue weighted by Gasteiger charge is -2.35. The summed E-state index contributed by atoms with van der Waals surface area (Å²) in [7, 11) is -3.85. The zero-order valence-electron chi connectivity index (χ0n) is 31.1. The molecule has 2 N–H and O–H groups in total. The average molecular weight is 750 g/mol. The number of carbonyl (C=O) groups is 4. The summed E-state index contributed by atoms with van der Waals surface area (Å²) in [5.41, 5.74) is 1.12. The first-order chi connectivity index (χ1) is 25.1. The van der Waals surface area contributed by atoms with E-state index in [1.807, 2.05) is 45.9 Å². The monoisotopic (exact) mass is 749 g/mol. The summed E-state index contributed by atoms with van der Waals surface area (Å²) in [6.07, 6.45) is 6.26. The molecule has 3 aliphatic carbocycles.